The van der Waals surface area contributed by atoms with Crippen LogP contribution in [0.4, 0.5) is 0 Å². The Hall–Kier alpha value is -2.06. The molecular formula is C12H16N4O4. The Labute approximate surface area is 115 Å². The maximum atomic E-state index is 12.6. The number of fused-ring (bicyclic) bond motifs is 2. The van der Waals surface area contributed by atoms with Gasteiger partial charge >= 0.3 is 0 Å². The summed E-state index contributed by atoms with van der Waals surface area (Å²) in [5.41, 5.74) is 5.92. The van der Waals surface area contributed by atoms with Crippen molar-refractivity contribution in [3.63, 3.8) is 0 Å². The fourth-order valence-corrected chi connectivity index (χ4v) is 2.54. The van der Waals surface area contributed by atoms with Crippen LogP contribution in [0.15, 0.2) is 22.9 Å². The summed E-state index contributed by atoms with van der Waals surface area (Å²) in [5, 5.41) is 0. The molecule has 0 radical (unpaired) electrons. The molecule has 0 saturated heterocycles. The molecule has 3 rings (SSSR count). The number of carbonyl (C=O) groups is 2. The molecule has 0 amide bonds. The average Bonchev–Trinajstić information content (AvgIpc) is 3.00. The van der Waals surface area contributed by atoms with Gasteiger partial charge in [-0.05, 0) is 0 Å². The molecule has 2 heterocycles. The predicted molar refractivity (Wildman–Crippen MR) is 67.5 cm³/mol. The van der Waals surface area contributed by atoms with E-state index in [-0.39, 0.29) is 11.6 Å². The lowest BCUT2D eigenvalue weighted by atomic mass is 9.81. The number of nitrogens with zero attached hydrogens (tertiary/aromatic N) is 2. The van der Waals surface area contributed by atoms with Crippen molar-refractivity contribution in [2.24, 2.45) is 0 Å². The summed E-state index contributed by atoms with van der Waals surface area (Å²) in [5.74, 6) is 0.310. The van der Waals surface area contributed by atoms with Crippen molar-refractivity contribution in [3.8, 4) is 0 Å². The Balaban J connectivity index is 2.10. The van der Waals surface area contributed by atoms with Crippen molar-refractivity contribution < 1.29 is 19.3 Å². The van der Waals surface area contributed by atoms with Gasteiger partial charge in [-0.15, -0.1) is 11.0 Å². The summed E-state index contributed by atoms with van der Waals surface area (Å²) in [6, 6.07) is -1.55. The first-order valence-corrected chi connectivity index (χ1v) is 6.19. The van der Waals surface area contributed by atoms with Gasteiger partial charge in [-0.25, -0.2) is 0 Å². The first kappa shape index (κ1) is 12.9. The number of hydrogen-bond donors (Lipinski definition) is 2. The van der Waals surface area contributed by atoms with Crippen LogP contribution in [0.5, 0.6) is 0 Å². The number of hydrogen-bond acceptors (Lipinski definition) is 8. The fourth-order valence-electron chi connectivity index (χ4n) is 2.54. The first-order valence-electron chi connectivity index (χ1n) is 6.19. The molecular weight excluding hydrogens is 264 g/mol. The Morgan fingerprint density at radius 2 is 1.15 bits per heavy atom. The largest absolute Gasteiger partial charge is 0.389 e. The normalized spacial score (nSPS) is 28.2. The average molecular weight is 280 g/mol. The van der Waals surface area contributed by atoms with E-state index in [1.54, 1.807) is 38.0 Å². The molecule has 1 aliphatic carbocycles. The van der Waals surface area contributed by atoms with Crippen molar-refractivity contribution >= 4 is 11.6 Å². The first-order chi connectivity index (χ1) is 9.43. The molecule has 1 saturated carbocycles. The quantitative estimate of drug-likeness (QED) is 0.632. The molecule has 3 aliphatic rings. The summed E-state index contributed by atoms with van der Waals surface area (Å²) >= 11 is 0. The van der Waals surface area contributed by atoms with Crippen LogP contribution in [0.1, 0.15) is 0 Å². The van der Waals surface area contributed by atoms with Crippen LogP contribution in [0.2, 0.25) is 0 Å². The molecule has 2 unspecified atom stereocenters. The minimum Gasteiger partial charge on any atom is -0.389 e. The zero-order chi connectivity index (χ0) is 14.6. The van der Waals surface area contributed by atoms with Crippen molar-refractivity contribution in [1.82, 2.24) is 20.8 Å². The number of Topliss-reactive ketones (excluding diaryl/α,β-unsaturated/α-hetero) is 2. The molecule has 2 N–H and O–H groups in total. The van der Waals surface area contributed by atoms with Crippen LogP contribution in [0, 0.1) is 0 Å². The van der Waals surface area contributed by atoms with Crippen LogP contribution in [-0.4, -0.2) is 61.6 Å². The lowest BCUT2D eigenvalue weighted by molar-refractivity contribution is -0.126. The molecule has 108 valence electrons. The van der Waals surface area contributed by atoms with Crippen LogP contribution < -0.4 is 11.0 Å². The van der Waals surface area contributed by atoms with Gasteiger partial charge in [0.1, 0.15) is 12.1 Å². The summed E-state index contributed by atoms with van der Waals surface area (Å²) in [6.07, 6.45) is 0. The van der Waals surface area contributed by atoms with Crippen LogP contribution >= 0.6 is 0 Å². The van der Waals surface area contributed by atoms with Crippen LogP contribution in [0.25, 0.3) is 0 Å². The van der Waals surface area contributed by atoms with Gasteiger partial charge in [0, 0.05) is 28.2 Å². The SMILES string of the molecule is CN(C)C1=C2C(=O)C3NOC(N(C)C)=C3C(=O)C2NO1. The second kappa shape index (κ2) is 4.22. The number of nitrogens with one attached hydrogen (secondary N) is 2. The molecule has 0 bridgehead atoms. The van der Waals surface area contributed by atoms with Gasteiger partial charge in [-0.1, -0.05) is 0 Å². The van der Waals surface area contributed by atoms with E-state index in [0.717, 1.165) is 0 Å². The molecule has 2 aliphatic heterocycles. The second-order valence-corrected chi connectivity index (χ2v) is 5.26. The van der Waals surface area contributed by atoms with E-state index in [1.165, 1.54) is 0 Å². The van der Waals surface area contributed by atoms with E-state index >= 15 is 0 Å². The van der Waals surface area contributed by atoms with Gasteiger partial charge in [0.15, 0.2) is 11.6 Å². The molecule has 20 heavy (non-hydrogen) atoms. The summed E-state index contributed by atoms with van der Waals surface area (Å²) in [7, 11) is 7.00. The van der Waals surface area contributed by atoms with E-state index < -0.39 is 12.1 Å². The minimum atomic E-state index is -0.774. The highest BCUT2D eigenvalue weighted by atomic mass is 16.7. The third-order valence-corrected chi connectivity index (χ3v) is 3.45. The smallest absolute Gasteiger partial charge is 0.223 e. The Kier molecular flexibility index (Phi) is 2.73. The minimum absolute atomic E-state index is 0.213. The van der Waals surface area contributed by atoms with E-state index in [0.29, 0.717) is 22.9 Å². The van der Waals surface area contributed by atoms with Crippen molar-refractivity contribution in [2.45, 2.75) is 12.1 Å². The zero-order valence-electron chi connectivity index (χ0n) is 11.7. The third kappa shape index (κ3) is 1.55. The van der Waals surface area contributed by atoms with Gasteiger partial charge in [0.25, 0.3) is 0 Å². The lowest BCUT2D eigenvalue weighted by Crippen LogP contribution is -2.50. The zero-order valence-corrected chi connectivity index (χ0v) is 11.7. The monoisotopic (exact) mass is 280 g/mol. The van der Waals surface area contributed by atoms with E-state index in [9.17, 15) is 9.59 Å². The molecule has 0 aromatic heterocycles. The second-order valence-electron chi connectivity index (χ2n) is 5.26. The summed E-state index contributed by atoms with van der Waals surface area (Å²) < 4.78 is 0. The van der Waals surface area contributed by atoms with Gasteiger partial charge < -0.3 is 19.5 Å². The van der Waals surface area contributed by atoms with Gasteiger partial charge in [-0.2, -0.15) is 0 Å². The highest BCUT2D eigenvalue weighted by Gasteiger charge is 2.53. The predicted octanol–water partition coefficient (Wildman–Crippen LogP) is -1.51. The van der Waals surface area contributed by atoms with Gasteiger partial charge in [-0.3, -0.25) is 9.59 Å². The highest BCUT2D eigenvalue weighted by molar-refractivity contribution is 6.21. The summed E-state index contributed by atoms with van der Waals surface area (Å²) in [6.45, 7) is 0. The maximum Gasteiger partial charge on any atom is 0.223 e. The van der Waals surface area contributed by atoms with E-state index in [2.05, 4.69) is 11.0 Å². The van der Waals surface area contributed by atoms with Gasteiger partial charge in [0.2, 0.25) is 11.8 Å². The van der Waals surface area contributed by atoms with Crippen molar-refractivity contribution in [2.75, 3.05) is 28.2 Å². The number of rotatable bonds is 2. The number of hydroxylamine groups is 2. The highest BCUT2D eigenvalue weighted by Crippen LogP contribution is 2.34. The Morgan fingerprint density at radius 1 is 0.800 bits per heavy atom. The van der Waals surface area contributed by atoms with E-state index in [4.69, 9.17) is 9.68 Å². The van der Waals surface area contributed by atoms with Crippen molar-refractivity contribution in [1.29, 1.82) is 0 Å². The molecule has 0 aromatic rings. The Morgan fingerprint density at radius 3 is 1.45 bits per heavy atom. The van der Waals surface area contributed by atoms with Crippen LogP contribution in [0.3, 0.4) is 0 Å². The summed E-state index contributed by atoms with van der Waals surface area (Å²) in [4.78, 5) is 39.0. The third-order valence-electron chi connectivity index (χ3n) is 3.45. The van der Waals surface area contributed by atoms with Crippen LogP contribution in [-0.2, 0) is 19.3 Å². The topological polar surface area (TPSA) is 83.1 Å². The Bertz CT molecular complexity index is 514. The number of carbonyl (C=O) groups excluding carboxylic acids is 2. The van der Waals surface area contributed by atoms with E-state index in [1.807, 2.05) is 0 Å². The van der Waals surface area contributed by atoms with Gasteiger partial charge in [0.05, 0.1) is 11.1 Å². The standard InChI is InChI=1S/C12H16N4O4/c1-15(2)11-5-7(13-19-11)10(18)6-8(9(5)17)14-20-12(6)16(3)4/h7-8,13-14H,1-4H3. The molecule has 0 spiro atoms. The fraction of sp³-hybridized carbons (Fsp3) is 0.500. The number of ketones is 2. The molecule has 0 aromatic carbocycles. The maximum absolute atomic E-state index is 12.6. The molecule has 2 atom stereocenters. The molecule has 8 nitrogen and oxygen atoms in total. The van der Waals surface area contributed by atoms with Crippen molar-refractivity contribution in [3.05, 3.63) is 22.9 Å². The molecule has 8 heteroatoms. The lowest BCUT2D eigenvalue weighted by Gasteiger charge is -2.23. The molecule has 1 fully saturated rings.